The van der Waals surface area contributed by atoms with Crippen LogP contribution in [0.5, 0.6) is 0 Å². The largest absolute Gasteiger partial charge is 0.379 e. The molecule has 0 bridgehead atoms. The molecule has 0 amide bonds. The van der Waals surface area contributed by atoms with Crippen LogP contribution in [0.15, 0.2) is 11.4 Å². The quantitative estimate of drug-likeness (QED) is 0.747. The number of thiophene rings is 1. The molecule has 2 N–H and O–H groups in total. The minimum Gasteiger partial charge on any atom is -0.379 e. The van der Waals surface area contributed by atoms with Crippen molar-refractivity contribution >= 4 is 11.3 Å². The first-order chi connectivity index (χ1) is 6.22. The van der Waals surface area contributed by atoms with Gasteiger partial charge in [0.25, 0.3) is 0 Å². The van der Waals surface area contributed by atoms with Crippen LogP contribution in [0, 0.1) is 6.92 Å². The molecule has 0 spiro atoms. The standard InChI is InChI=1S/C10H15NOS/c1-8-9(3-6-13-8)10(11)4-2-5-12-7-10/h3,6H,2,4-5,7,11H2,1H3. The molecule has 2 nitrogen and oxygen atoms in total. The van der Waals surface area contributed by atoms with Crippen LogP contribution in [0.25, 0.3) is 0 Å². The van der Waals surface area contributed by atoms with E-state index in [1.54, 1.807) is 11.3 Å². The normalized spacial score (nSPS) is 29.1. The summed E-state index contributed by atoms with van der Waals surface area (Å²) in [6, 6.07) is 2.13. The Labute approximate surface area is 82.7 Å². The third kappa shape index (κ3) is 1.64. The molecule has 72 valence electrons. The molecule has 3 heteroatoms. The van der Waals surface area contributed by atoms with E-state index in [1.165, 1.54) is 10.4 Å². The summed E-state index contributed by atoms with van der Waals surface area (Å²) in [6.45, 7) is 3.66. The summed E-state index contributed by atoms with van der Waals surface area (Å²) in [4.78, 5) is 1.33. The third-order valence-corrected chi connectivity index (χ3v) is 3.51. The Morgan fingerprint density at radius 1 is 1.62 bits per heavy atom. The molecule has 1 aromatic rings. The number of hydrogen-bond acceptors (Lipinski definition) is 3. The van der Waals surface area contributed by atoms with Gasteiger partial charge in [0.15, 0.2) is 0 Å². The van der Waals surface area contributed by atoms with E-state index < -0.39 is 0 Å². The lowest BCUT2D eigenvalue weighted by Gasteiger charge is -2.33. The molecule has 0 saturated carbocycles. The minimum atomic E-state index is -0.220. The van der Waals surface area contributed by atoms with E-state index in [-0.39, 0.29) is 5.54 Å². The van der Waals surface area contributed by atoms with E-state index in [2.05, 4.69) is 18.4 Å². The molecular formula is C10H15NOS. The van der Waals surface area contributed by atoms with Crippen molar-refractivity contribution in [2.45, 2.75) is 25.3 Å². The van der Waals surface area contributed by atoms with Gasteiger partial charge in [-0.3, -0.25) is 0 Å². The van der Waals surface area contributed by atoms with Crippen molar-refractivity contribution in [3.63, 3.8) is 0 Å². The summed E-state index contributed by atoms with van der Waals surface area (Å²) in [7, 11) is 0. The first kappa shape index (κ1) is 9.19. The summed E-state index contributed by atoms with van der Waals surface area (Å²) in [5, 5.41) is 2.11. The van der Waals surface area contributed by atoms with E-state index in [4.69, 9.17) is 10.5 Å². The smallest absolute Gasteiger partial charge is 0.0688 e. The highest BCUT2D eigenvalue weighted by Gasteiger charge is 2.31. The second-order valence-corrected chi connectivity index (χ2v) is 4.82. The van der Waals surface area contributed by atoms with Gasteiger partial charge in [0.05, 0.1) is 12.1 Å². The molecule has 0 aromatic carbocycles. The summed E-state index contributed by atoms with van der Waals surface area (Å²) >= 11 is 1.76. The molecule has 2 rings (SSSR count). The van der Waals surface area contributed by atoms with Crippen molar-refractivity contribution in [3.05, 3.63) is 21.9 Å². The van der Waals surface area contributed by atoms with E-state index in [0.717, 1.165) is 19.4 Å². The van der Waals surface area contributed by atoms with Gasteiger partial charge in [-0.1, -0.05) is 0 Å². The predicted molar refractivity (Wildman–Crippen MR) is 55.0 cm³/mol. The fourth-order valence-electron chi connectivity index (χ4n) is 1.93. The molecular weight excluding hydrogens is 182 g/mol. The van der Waals surface area contributed by atoms with Gasteiger partial charge < -0.3 is 10.5 Å². The Bertz CT molecular complexity index is 289. The lowest BCUT2D eigenvalue weighted by Crippen LogP contribution is -2.44. The topological polar surface area (TPSA) is 35.2 Å². The van der Waals surface area contributed by atoms with Gasteiger partial charge in [-0.15, -0.1) is 11.3 Å². The van der Waals surface area contributed by atoms with Crippen LogP contribution in [-0.2, 0) is 10.3 Å². The average Bonchev–Trinajstić information content (AvgIpc) is 2.53. The van der Waals surface area contributed by atoms with Crippen molar-refractivity contribution < 1.29 is 4.74 Å². The lowest BCUT2D eigenvalue weighted by molar-refractivity contribution is 0.0366. The third-order valence-electron chi connectivity index (χ3n) is 2.67. The fourth-order valence-corrected chi connectivity index (χ4v) is 2.74. The SMILES string of the molecule is Cc1sccc1C1(N)CCCOC1. The first-order valence-electron chi connectivity index (χ1n) is 4.63. The van der Waals surface area contributed by atoms with Gasteiger partial charge >= 0.3 is 0 Å². The molecule has 1 fully saturated rings. The van der Waals surface area contributed by atoms with Gasteiger partial charge in [0, 0.05) is 11.5 Å². The van der Waals surface area contributed by atoms with E-state index in [0.29, 0.717) is 6.61 Å². The summed E-state index contributed by atoms with van der Waals surface area (Å²) in [6.07, 6.45) is 2.12. The van der Waals surface area contributed by atoms with Crippen molar-refractivity contribution in [1.29, 1.82) is 0 Å². The van der Waals surface area contributed by atoms with Gasteiger partial charge in [-0.25, -0.2) is 0 Å². The minimum absolute atomic E-state index is 0.220. The molecule has 1 unspecified atom stereocenters. The van der Waals surface area contributed by atoms with E-state index in [9.17, 15) is 0 Å². The van der Waals surface area contributed by atoms with Crippen LogP contribution in [0.4, 0.5) is 0 Å². The van der Waals surface area contributed by atoms with Crippen LogP contribution in [0.1, 0.15) is 23.3 Å². The van der Waals surface area contributed by atoms with E-state index >= 15 is 0 Å². The predicted octanol–water partition coefficient (Wildman–Crippen LogP) is 2.02. The zero-order valence-electron chi connectivity index (χ0n) is 7.88. The van der Waals surface area contributed by atoms with E-state index in [1.807, 2.05) is 0 Å². The maximum Gasteiger partial charge on any atom is 0.0688 e. The molecule has 1 atom stereocenters. The number of hydrogen-bond donors (Lipinski definition) is 1. The Morgan fingerprint density at radius 2 is 2.46 bits per heavy atom. The number of rotatable bonds is 1. The van der Waals surface area contributed by atoms with Crippen LogP contribution < -0.4 is 5.73 Å². The average molecular weight is 197 g/mol. The van der Waals surface area contributed by atoms with Crippen LogP contribution in [0.3, 0.4) is 0 Å². The van der Waals surface area contributed by atoms with Crippen LogP contribution >= 0.6 is 11.3 Å². The number of nitrogens with two attached hydrogens (primary N) is 1. The highest BCUT2D eigenvalue weighted by atomic mass is 32.1. The van der Waals surface area contributed by atoms with Crippen LogP contribution in [-0.4, -0.2) is 13.2 Å². The Kier molecular flexibility index (Phi) is 2.41. The molecule has 13 heavy (non-hydrogen) atoms. The Hall–Kier alpha value is -0.380. The zero-order valence-corrected chi connectivity index (χ0v) is 8.69. The zero-order chi connectivity index (χ0) is 9.31. The Balaban J connectivity index is 2.27. The maximum atomic E-state index is 6.31. The summed E-state index contributed by atoms with van der Waals surface area (Å²) in [5.74, 6) is 0. The van der Waals surface area contributed by atoms with Crippen molar-refractivity contribution in [2.24, 2.45) is 5.73 Å². The molecule has 2 heterocycles. The number of aryl methyl sites for hydroxylation is 1. The molecule has 1 aliphatic rings. The van der Waals surface area contributed by atoms with Crippen molar-refractivity contribution in [2.75, 3.05) is 13.2 Å². The Morgan fingerprint density at radius 3 is 3.00 bits per heavy atom. The second kappa shape index (κ2) is 3.40. The van der Waals surface area contributed by atoms with Gasteiger partial charge in [0.2, 0.25) is 0 Å². The molecule has 0 aliphatic carbocycles. The second-order valence-electron chi connectivity index (χ2n) is 3.70. The summed E-state index contributed by atoms with van der Waals surface area (Å²) in [5.41, 5.74) is 7.36. The highest BCUT2D eigenvalue weighted by Crippen LogP contribution is 2.32. The first-order valence-corrected chi connectivity index (χ1v) is 5.51. The molecule has 1 aliphatic heterocycles. The molecule has 1 aromatic heterocycles. The molecule has 1 saturated heterocycles. The van der Waals surface area contributed by atoms with Crippen LogP contribution in [0.2, 0.25) is 0 Å². The van der Waals surface area contributed by atoms with Crippen molar-refractivity contribution in [3.8, 4) is 0 Å². The maximum absolute atomic E-state index is 6.31. The van der Waals surface area contributed by atoms with Crippen molar-refractivity contribution in [1.82, 2.24) is 0 Å². The summed E-state index contributed by atoms with van der Waals surface area (Å²) < 4.78 is 5.44. The van der Waals surface area contributed by atoms with Gasteiger partial charge in [-0.2, -0.15) is 0 Å². The fraction of sp³-hybridized carbons (Fsp3) is 0.600. The van der Waals surface area contributed by atoms with Gasteiger partial charge in [0.1, 0.15) is 0 Å². The number of ether oxygens (including phenoxy) is 1. The molecule has 0 radical (unpaired) electrons. The lowest BCUT2D eigenvalue weighted by atomic mass is 9.86. The highest BCUT2D eigenvalue weighted by molar-refractivity contribution is 7.10. The monoisotopic (exact) mass is 197 g/mol. The van der Waals surface area contributed by atoms with Gasteiger partial charge in [-0.05, 0) is 36.8 Å².